The van der Waals surface area contributed by atoms with Crippen LogP contribution in [0.3, 0.4) is 0 Å². The second-order valence-electron chi connectivity index (χ2n) is 7.84. The lowest BCUT2D eigenvalue weighted by atomic mass is 10.2. The van der Waals surface area contributed by atoms with Gasteiger partial charge in [-0.15, -0.1) is 0 Å². The quantitative estimate of drug-likeness (QED) is 0.593. The summed E-state index contributed by atoms with van der Waals surface area (Å²) in [5, 5.41) is 5.74. The highest BCUT2D eigenvalue weighted by Crippen LogP contribution is 2.21. The third kappa shape index (κ3) is 7.08. The number of methoxy groups -OCH3 is 1. The van der Waals surface area contributed by atoms with Crippen LogP contribution in [0.15, 0.2) is 48.7 Å². The van der Waals surface area contributed by atoms with Crippen molar-refractivity contribution in [2.75, 3.05) is 23.9 Å². The highest BCUT2D eigenvalue weighted by atomic mass is 16.5. The lowest BCUT2D eigenvalue weighted by molar-refractivity contribution is -0.124. The Labute approximate surface area is 188 Å². The van der Waals surface area contributed by atoms with Gasteiger partial charge >= 0.3 is 0 Å². The van der Waals surface area contributed by atoms with Crippen molar-refractivity contribution in [2.24, 2.45) is 0 Å². The monoisotopic (exact) mass is 438 g/mol. The van der Waals surface area contributed by atoms with Gasteiger partial charge < -0.3 is 20.3 Å². The van der Waals surface area contributed by atoms with E-state index in [1.165, 1.54) is 4.90 Å². The summed E-state index contributed by atoms with van der Waals surface area (Å²) in [6, 6.07) is 12.5. The maximum absolute atomic E-state index is 13.0. The average molecular weight is 439 g/mol. The summed E-state index contributed by atoms with van der Waals surface area (Å²) in [5.41, 5.74) is 0.621. The number of benzene rings is 1. The Kier molecular flexibility index (Phi) is 8.60. The van der Waals surface area contributed by atoms with Crippen LogP contribution in [0, 0.1) is 0 Å². The van der Waals surface area contributed by atoms with E-state index in [9.17, 15) is 14.4 Å². The summed E-state index contributed by atoms with van der Waals surface area (Å²) in [7, 11) is 1.57. The van der Waals surface area contributed by atoms with Crippen LogP contribution >= 0.6 is 0 Å². The van der Waals surface area contributed by atoms with E-state index in [1.807, 2.05) is 0 Å². The number of nitrogens with zero attached hydrogens (tertiary/aromatic N) is 2. The highest BCUT2D eigenvalue weighted by molar-refractivity contribution is 5.99. The van der Waals surface area contributed by atoms with Crippen molar-refractivity contribution in [2.45, 2.75) is 51.0 Å². The number of carbonyl (C=O) groups is 3. The van der Waals surface area contributed by atoms with Gasteiger partial charge in [0.1, 0.15) is 18.1 Å². The lowest BCUT2D eigenvalue weighted by Crippen LogP contribution is -2.43. The minimum atomic E-state index is -0.206. The molecule has 1 aliphatic carbocycles. The number of ether oxygens (including phenoxy) is 1. The molecule has 0 aliphatic heterocycles. The zero-order chi connectivity index (χ0) is 22.8. The first kappa shape index (κ1) is 23.2. The molecule has 2 aromatic rings. The molecule has 0 unspecified atom stereocenters. The second kappa shape index (κ2) is 11.8. The van der Waals surface area contributed by atoms with Crippen molar-refractivity contribution in [3.05, 3.63) is 48.7 Å². The molecule has 1 aliphatic rings. The number of nitrogens with one attached hydrogen (secondary N) is 2. The summed E-state index contributed by atoms with van der Waals surface area (Å²) in [6.07, 6.45) is 6.50. The summed E-state index contributed by atoms with van der Waals surface area (Å²) >= 11 is 0. The van der Waals surface area contributed by atoms with Crippen molar-refractivity contribution in [3.8, 4) is 5.75 Å². The molecule has 8 nitrogen and oxygen atoms in total. The molecular formula is C24H30N4O4. The Morgan fingerprint density at radius 1 is 1.03 bits per heavy atom. The van der Waals surface area contributed by atoms with E-state index in [0.717, 1.165) is 25.7 Å². The number of hydrogen-bond acceptors (Lipinski definition) is 5. The van der Waals surface area contributed by atoms with Gasteiger partial charge in [0, 0.05) is 30.8 Å². The largest absolute Gasteiger partial charge is 0.497 e. The molecule has 3 amide bonds. The van der Waals surface area contributed by atoms with Gasteiger partial charge in [-0.3, -0.25) is 14.4 Å². The van der Waals surface area contributed by atoms with E-state index in [-0.39, 0.29) is 43.1 Å². The number of pyridine rings is 1. The maximum Gasteiger partial charge on any atom is 0.240 e. The average Bonchev–Trinajstić information content (AvgIpc) is 3.31. The molecule has 1 heterocycles. The fraction of sp³-hybridized carbons (Fsp3) is 0.417. The number of anilines is 2. The van der Waals surface area contributed by atoms with Crippen molar-refractivity contribution in [1.29, 1.82) is 0 Å². The number of rotatable bonds is 10. The Hall–Kier alpha value is -3.42. The molecule has 1 aromatic heterocycles. The Bertz CT molecular complexity index is 896. The zero-order valence-corrected chi connectivity index (χ0v) is 18.4. The molecule has 8 heteroatoms. The summed E-state index contributed by atoms with van der Waals surface area (Å²) < 4.78 is 5.19. The van der Waals surface area contributed by atoms with Crippen LogP contribution in [0.2, 0.25) is 0 Å². The van der Waals surface area contributed by atoms with Crippen LogP contribution in [0.1, 0.15) is 44.9 Å². The summed E-state index contributed by atoms with van der Waals surface area (Å²) in [5.74, 6) is 0.567. The predicted molar refractivity (Wildman–Crippen MR) is 122 cm³/mol. The fourth-order valence-corrected chi connectivity index (χ4v) is 3.75. The molecule has 1 saturated carbocycles. The van der Waals surface area contributed by atoms with Crippen LogP contribution in [-0.4, -0.2) is 42.4 Å². The van der Waals surface area contributed by atoms with Crippen molar-refractivity contribution < 1.29 is 19.1 Å². The Balaban J connectivity index is 1.57. The van der Waals surface area contributed by atoms with E-state index >= 15 is 0 Å². The van der Waals surface area contributed by atoms with Crippen molar-refractivity contribution in [3.63, 3.8) is 0 Å². The predicted octanol–water partition coefficient (Wildman–Crippen LogP) is 3.29. The van der Waals surface area contributed by atoms with Gasteiger partial charge in [-0.05, 0) is 55.7 Å². The highest BCUT2D eigenvalue weighted by Gasteiger charge is 2.22. The smallest absolute Gasteiger partial charge is 0.240 e. The van der Waals surface area contributed by atoms with Gasteiger partial charge in [-0.2, -0.15) is 0 Å². The lowest BCUT2D eigenvalue weighted by Gasteiger charge is -2.24. The number of carbonyl (C=O) groups excluding carboxylic acids is 3. The van der Waals surface area contributed by atoms with Gasteiger partial charge in [-0.25, -0.2) is 4.98 Å². The molecule has 0 saturated heterocycles. The van der Waals surface area contributed by atoms with Crippen LogP contribution in [-0.2, 0) is 14.4 Å². The van der Waals surface area contributed by atoms with Gasteiger partial charge in [0.15, 0.2) is 0 Å². The first-order valence-electron chi connectivity index (χ1n) is 11.0. The van der Waals surface area contributed by atoms with E-state index in [2.05, 4.69) is 15.6 Å². The molecule has 0 spiro atoms. The molecule has 32 heavy (non-hydrogen) atoms. The number of amides is 3. The fourth-order valence-electron chi connectivity index (χ4n) is 3.75. The third-order valence-corrected chi connectivity index (χ3v) is 5.43. The van der Waals surface area contributed by atoms with Crippen molar-refractivity contribution >= 4 is 29.2 Å². The van der Waals surface area contributed by atoms with Crippen molar-refractivity contribution in [1.82, 2.24) is 10.3 Å². The molecule has 0 bridgehead atoms. The van der Waals surface area contributed by atoms with E-state index in [4.69, 9.17) is 4.74 Å². The van der Waals surface area contributed by atoms with Crippen LogP contribution in [0.25, 0.3) is 0 Å². The second-order valence-corrected chi connectivity index (χ2v) is 7.84. The first-order chi connectivity index (χ1) is 15.5. The molecule has 1 fully saturated rings. The maximum atomic E-state index is 13.0. The van der Waals surface area contributed by atoms with Gasteiger partial charge in [0.05, 0.1) is 7.11 Å². The Morgan fingerprint density at radius 3 is 2.44 bits per heavy atom. The van der Waals surface area contributed by atoms with E-state index < -0.39 is 0 Å². The standard InChI is InChI=1S/C24H30N4O4/c1-32-20-14-12-19(13-15-20)28(17-23(30)26-18-7-2-3-8-18)24(31)11-6-10-22(29)27-21-9-4-5-16-25-21/h4-5,9,12-16,18H,2-3,6-8,10-11,17H2,1H3,(H,26,30)(H,25,27,29). The topological polar surface area (TPSA) is 101 Å². The number of hydrogen-bond donors (Lipinski definition) is 2. The zero-order valence-electron chi connectivity index (χ0n) is 18.4. The molecular weight excluding hydrogens is 408 g/mol. The van der Waals surface area contributed by atoms with Gasteiger partial charge in [-0.1, -0.05) is 18.9 Å². The minimum Gasteiger partial charge on any atom is -0.497 e. The summed E-state index contributed by atoms with van der Waals surface area (Å²) in [4.78, 5) is 43.2. The third-order valence-electron chi connectivity index (χ3n) is 5.43. The summed E-state index contributed by atoms with van der Waals surface area (Å²) in [6.45, 7) is -0.0538. The molecule has 3 rings (SSSR count). The first-order valence-corrected chi connectivity index (χ1v) is 11.0. The molecule has 0 atom stereocenters. The SMILES string of the molecule is COc1ccc(N(CC(=O)NC2CCCC2)C(=O)CCCC(=O)Nc2ccccn2)cc1. The molecule has 2 N–H and O–H groups in total. The van der Waals surface area contributed by atoms with E-state index in [0.29, 0.717) is 23.7 Å². The minimum absolute atomic E-state index is 0.0538. The van der Waals surface area contributed by atoms with Gasteiger partial charge in [0.25, 0.3) is 0 Å². The molecule has 170 valence electrons. The number of aromatic nitrogens is 1. The van der Waals surface area contributed by atoms with Crippen LogP contribution in [0.4, 0.5) is 11.5 Å². The Morgan fingerprint density at radius 2 is 1.78 bits per heavy atom. The molecule has 1 aromatic carbocycles. The van der Waals surface area contributed by atoms with E-state index in [1.54, 1.807) is 55.8 Å². The normalized spacial score (nSPS) is 13.4. The molecule has 0 radical (unpaired) electrons. The van der Waals surface area contributed by atoms with Crippen LogP contribution in [0.5, 0.6) is 5.75 Å². The van der Waals surface area contributed by atoms with Crippen LogP contribution < -0.4 is 20.3 Å². The van der Waals surface area contributed by atoms with Gasteiger partial charge in [0.2, 0.25) is 17.7 Å².